The second-order valence-electron chi connectivity index (χ2n) is 12.6. The van der Waals surface area contributed by atoms with E-state index in [1.165, 1.54) is 6.07 Å². The number of likely N-dealkylation sites (N-methyl/N-ethyl adjacent to an activating group) is 1. The zero-order chi connectivity index (χ0) is 33.3. The molecule has 1 aromatic carbocycles. The molecule has 0 aliphatic carbocycles. The molecule has 0 spiro atoms. The maximum atomic E-state index is 13.8. The molecular formula is C33H46N6O7. The van der Waals surface area contributed by atoms with E-state index in [9.17, 15) is 19.2 Å². The lowest BCUT2D eigenvalue weighted by Gasteiger charge is -2.36. The molecule has 0 saturated carbocycles. The highest BCUT2D eigenvalue weighted by Gasteiger charge is 2.32. The van der Waals surface area contributed by atoms with E-state index in [0.29, 0.717) is 24.5 Å². The van der Waals surface area contributed by atoms with Crippen LogP contribution in [0.2, 0.25) is 0 Å². The molecule has 1 aromatic heterocycles. The molecule has 1 N–H and O–H groups in total. The fourth-order valence-corrected chi connectivity index (χ4v) is 5.39. The van der Waals surface area contributed by atoms with Crippen LogP contribution in [0.5, 0.6) is 5.88 Å². The number of hydrogen-bond acceptors (Lipinski definition) is 10. The summed E-state index contributed by atoms with van der Waals surface area (Å²) in [5, 5.41) is 2.82. The van der Waals surface area contributed by atoms with Crippen molar-refractivity contribution in [1.82, 2.24) is 30.0 Å². The lowest BCUT2D eigenvalue weighted by atomic mass is 10.1. The molecule has 2 atom stereocenters. The van der Waals surface area contributed by atoms with Gasteiger partial charge in [-0.05, 0) is 60.5 Å². The predicted molar refractivity (Wildman–Crippen MR) is 170 cm³/mol. The van der Waals surface area contributed by atoms with Crippen LogP contribution in [0, 0.1) is 0 Å². The Labute approximate surface area is 270 Å². The maximum Gasteiger partial charge on any atom is 0.409 e. The Bertz CT molecular complexity index is 1360. The van der Waals surface area contributed by atoms with E-state index in [1.54, 1.807) is 37.5 Å². The highest BCUT2D eigenvalue weighted by molar-refractivity contribution is 5.96. The fraction of sp³-hybridized carbons (Fsp3) is 0.576. The Morgan fingerprint density at radius 3 is 2.35 bits per heavy atom. The first-order chi connectivity index (χ1) is 21.9. The first kappa shape index (κ1) is 34.6. The summed E-state index contributed by atoms with van der Waals surface area (Å²) in [6.45, 7) is 10.1. The number of aromatic nitrogens is 2. The first-order valence-corrected chi connectivity index (χ1v) is 15.9. The summed E-state index contributed by atoms with van der Waals surface area (Å²) in [6, 6.07) is 9.73. The van der Waals surface area contributed by atoms with E-state index < -0.39 is 29.6 Å². The molecule has 0 radical (unpaired) electrons. The van der Waals surface area contributed by atoms with Crippen molar-refractivity contribution in [2.75, 3.05) is 52.9 Å². The lowest BCUT2D eigenvalue weighted by molar-refractivity contribution is -0.155. The van der Waals surface area contributed by atoms with E-state index in [2.05, 4.69) is 20.2 Å². The van der Waals surface area contributed by atoms with Gasteiger partial charge in [0.05, 0.1) is 6.61 Å². The molecule has 2 aromatic rings. The number of rotatable bonds is 10. The van der Waals surface area contributed by atoms with E-state index >= 15 is 0 Å². The zero-order valence-electron chi connectivity index (χ0n) is 27.5. The van der Waals surface area contributed by atoms with Crippen LogP contribution in [0.3, 0.4) is 0 Å². The lowest BCUT2D eigenvalue weighted by Crippen LogP contribution is -2.56. The van der Waals surface area contributed by atoms with Crippen molar-refractivity contribution >= 4 is 23.9 Å². The number of benzene rings is 1. The van der Waals surface area contributed by atoms with Crippen LogP contribution in [0.1, 0.15) is 63.9 Å². The summed E-state index contributed by atoms with van der Waals surface area (Å²) in [5.74, 6) is -0.851. The maximum absolute atomic E-state index is 13.8. The van der Waals surface area contributed by atoms with Gasteiger partial charge in [0.1, 0.15) is 23.4 Å². The molecule has 250 valence electrons. The number of amides is 3. The van der Waals surface area contributed by atoms with Gasteiger partial charge >= 0.3 is 12.1 Å². The van der Waals surface area contributed by atoms with Crippen LogP contribution < -0.4 is 10.1 Å². The summed E-state index contributed by atoms with van der Waals surface area (Å²) in [6.07, 6.45) is 1.26. The van der Waals surface area contributed by atoms with Crippen LogP contribution in [0.25, 0.3) is 11.4 Å². The molecule has 2 saturated heterocycles. The van der Waals surface area contributed by atoms with Crippen LogP contribution in [-0.2, 0) is 19.1 Å². The number of hydrogen-bond donors (Lipinski definition) is 1. The van der Waals surface area contributed by atoms with Crippen LogP contribution in [0.15, 0.2) is 36.4 Å². The minimum atomic E-state index is -1.04. The van der Waals surface area contributed by atoms with Crippen molar-refractivity contribution in [3.05, 3.63) is 42.1 Å². The van der Waals surface area contributed by atoms with Gasteiger partial charge in [0.15, 0.2) is 5.82 Å². The number of nitrogens with one attached hydrogen (secondary N) is 1. The number of piperazine rings is 1. The molecule has 2 aliphatic heterocycles. The molecule has 3 heterocycles. The molecule has 4 rings (SSSR count). The molecule has 1 unspecified atom stereocenters. The molecule has 13 heteroatoms. The monoisotopic (exact) mass is 638 g/mol. The topological polar surface area (TPSA) is 144 Å². The number of piperidine rings is 1. The highest BCUT2D eigenvalue weighted by Crippen LogP contribution is 2.22. The summed E-state index contributed by atoms with van der Waals surface area (Å²) in [5.41, 5.74) is 0.0525. The largest absolute Gasteiger partial charge is 0.473 e. The number of likely N-dealkylation sites (tertiary alicyclic amines) is 1. The zero-order valence-corrected chi connectivity index (χ0v) is 27.5. The van der Waals surface area contributed by atoms with Gasteiger partial charge in [-0.3, -0.25) is 14.4 Å². The van der Waals surface area contributed by atoms with E-state index in [4.69, 9.17) is 14.2 Å². The smallest absolute Gasteiger partial charge is 0.409 e. The van der Waals surface area contributed by atoms with Gasteiger partial charge in [-0.1, -0.05) is 30.3 Å². The van der Waals surface area contributed by atoms with E-state index in [1.807, 2.05) is 37.4 Å². The number of nitrogens with zero attached hydrogens (tertiary/aromatic N) is 5. The van der Waals surface area contributed by atoms with Gasteiger partial charge < -0.3 is 34.2 Å². The van der Waals surface area contributed by atoms with Crippen molar-refractivity contribution < 1.29 is 33.4 Å². The van der Waals surface area contributed by atoms with Gasteiger partial charge in [0, 0.05) is 50.8 Å². The van der Waals surface area contributed by atoms with Gasteiger partial charge in [0.2, 0.25) is 11.8 Å². The minimum Gasteiger partial charge on any atom is -0.473 e. The Morgan fingerprint density at radius 2 is 1.70 bits per heavy atom. The number of carbonyl (C=O) groups is 4. The van der Waals surface area contributed by atoms with Crippen molar-refractivity contribution in [2.45, 2.75) is 71.1 Å². The van der Waals surface area contributed by atoms with Crippen molar-refractivity contribution in [3.8, 4) is 17.3 Å². The van der Waals surface area contributed by atoms with Crippen molar-refractivity contribution in [1.29, 1.82) is 0 Å². The minimum absolute atomic E-state index is 0.0198. The quantitative estimate of drug-likeness (QED) is 0.386. The number of ether oxygens (including phenoxy) is 3. The summed E-state index contributed by atoms with van der Waals surface area (Å²) in [4.78, 5) is 66.8. The Hall–Kier alpha value is -4.26. The normalized spacial score (nSPS) is 18.0. The third-order valence-electron chi connectivity index (χ3n) is 7.61. The fourth-order valence-electron chi connectivity index (χ4n) is 5.39. The van der Waals surface area contributed by atoms with Crippen LogP contribution in [-0.4, -0.2) is 119 Å². The predicted octanol–water partition coefficient (Wildman–Crippen LogP) is 3.14. The summed E-state index contributed by atoms with van der Waals surface area (Å²) in [7, 11) is 2.04. The summed E-state index contributed by atoms with van der Waals surface area (Å²) >= 11 is 0. The van der Waals surface area contributed by atoms with Gasteiger partial charge in [-0.15, -0.1) is 0 Å². The SMILES string of the molecule is CCOC(=O)N1CCN(C(=O)[C@H](CCC(=O)OC(C)(C)C)NC(=O)c2cc(OC3CCCN(C)C3)nc(-c3ccccc3)n2)CC1. The standard InChI is InChI=1S/C33H46N6O7/c1-6-44-32(43)39-19-17-38(18-20-39)31(42)25(14-15-28(40)46-33(2,3)4)35-30(41)26-21-27(45-24-13-10-16-37(5)22-24)36-29(34-26)23-11-8-7-9-12-23/h7-9,11-12,21,24-25H,6,10,13-20,22H2,1-5H3,(H,35,41)/t24?,25-/m0/s1. The second kappa shape index (κ2) is 15.8. The number of carbonyl (C=O) groups excluding carboxylic acids is 4. The van der Waals surface area contributed by atoms with Gasteiger partial charge in [-0.2, -0.15) is 4.98 Å². The van der Waals surface area contributed by atoms with Crippen LogP contribution >= 0.6 is 0 Å². The van der Waals surface area contributed by atoms with Gasteiger partial charge in [-0.25, -0.2) is 9.78 Å². The van der Waals surface area contributed by atoms with Crippen molar-refractivity contribution in [2.24, 2.45) is 0 Å². The third kappa shape index (κ3) is 10.1. The molecule has 2 fully saturated rings. The second-order valence-corrected chi connectivity index (χ2v) is 12.6. The Balaban J connectivity index is 1.55. The summed E-state index contributed by atoms with van der Waals surface area (Å²) < 4.78 is 16.8. The highest BCUT2D eigenvalue weighted by atomic mass is 16.6. The average molecular weight is 639 g/mol. The molecule has 2 aliphatic rings. The molecule has 0 bridgehead atoms. The number of esters is 1. The molecular weight excluding hydrogens is 592 g/mol. The molecule has 13 nitrogen and oxygen atoms in total. The van der Waals surface area contributed by atoms with E-state index in [0.717, 1.165) is 25.9 Å². The van der Waals surface area contributed by atoms with Crippen molar-refractivity contribution in [3.63, 3.8) is 0 Å². The van der Waals surface area contributed by atoms with Gasteiger partial charge in [0.25, 0.3) is 5.91 Å². The molecule has 3 amide bonds. The third-order valence-corrected chi connectivity index (χ3v) is 7.61. The van der Waals surface area contributed by atoms with Crippen LogP contribution in [0.4, 0.5) is 4.79 Å². The van der Waals surface area contributed by atoms with E-state index in [-0.39, 0.29) is 56.1 Å². The Morgan fingerprint density at radius 1 is 1.00 bits per heavy atom. The molecule has 46 heavy (non-hydrogen) atoms. The Kier molecular flexibility index (Phi) is 11.9. The first-order valence-electron chi connectivity index (χ1n) is 15.9. The average Bonchev–Trinajstić information content (AvgIpc) is 3.02.